The van der Waals surface area contributed by atoms with Crippen molar-refractivity contribution >= 4 is 40.6 Å². The van der Waals surface area contributed by atoms with Gasteiger partial charge in [0.1, 0.15) is 23.0 Å². The number of aromatic nitrogens is 2. The largest absolute Gasteiger partial charge is 0.306 e. The van der Waals surface area contributed by atoms with Gasteiger partial charge in [-0.25, -0.2) is 9.37 Å². The summed E-state index contributed by atoms with van der Waals surface area (Å²) in [5, 5.41) is 3.56. The zero-order chi connectivity index (χ0) is 19.8. The number of imidazole rings is 1. The van der Waals surface area contributed by atoms with Crippen molar-refractivity contribution in [1.29, 1.82) is 0 Å². The molecule has 4 nitrogen and oxygen atoms in total. The number of hydrogen-bond donors (Lipinski definition) is 1. The van der Waals surface area contributed by atoms with Crippen molar-refractivity contribution < 1.29 is 9.18 Å². The van der Waals surface area contributed by atoms with Gasteiger partial charge in [-0.2, -0.15) is 0 Å². The molecule has 0 bridgehead atoms. The quantitative estimate of drug-likeness (QED) is 0.447. The molecule has 0 spiro atoms. The van der Waals surface area contributed by atoms with Crippen molar-refractivity contribution in [2.75, 3.05) is 5.32 Å². The molecule has 4 rings (SSSR count). The van der Waals surface area contributed by atoms with Crippen LogP contribution in [0.2, 0.25) is 10.0 Å². The Morgan fingerprint density at radius 1 is 1.04 bits per heavy atom. The second-order valence-electron chi connectivity index (χ2n) is 6.33. The van der Waals surface area contributed by atoms with Crippen molar-refractivity contribution in [2.24, 2.45) is 0 Å². The normalized spacial score (nSPS) is 11.0. The SMILES string of the molecule is Cc1ccn2c(NC(=O)c3ccc(Cl)c(Cl)c3)c(-c3ccc(F)cc3)nc2c1. The summed E-state index contributed by atoms with van der Waals surface area (Å²) in [7, 11) is 0. The number of fused-ring (bicyclic) bond motifs is 1. The van der Waals surface area contributed by atoms with E-state index in [-0.39, 0.29) is 11.7 Å². The standard InChI is InChI=1S/C21H14Cl2FN3O/c1-12-8-9-27-18(10-12)25-19(13-2-5-15(24)6-3-13)20(27)26-21(28)14-4-7-16(22)17(23)11-14/h2-11H,1H3,(H,26,28). The minimum Gasteiger partial charge on any atom is -0.306 e. The summed E-state index contributed by atoms with van der Waals surface area (Å²) in [6.07, 6.45) is 1.83. The predicted octanol–water partition coefficient (Wildman–Crippen LogP) is 6.01. The fourth-order valence-electron chi connectivity index (χ4n) is 2.89. The third-order valence-corrected chi connectivity index (χ3v) is 5.05. The lowest BCUT2D eigenvalue weighted by atomic mass is 10.1. The van der Waals surface area contributed by atoms with Gasteiger partial charge in [-0.1, -0.05) is 23.2 Å². The lowest BCUT2D eigenvalue weighted by molar-refractivity contribution is 0.102. The highest BCUT2D eigenvalue weighted by Gasteiger charge is 2.18. The number of halogens is 3. The number of aryl methyl sites for hydroxylation is 1. The highest BCUT2D eigenvalue weighted by Crippen LogP contribution is 2.30. The van der Waals surface area contributed by atoms with Crippen LogP contribution in [0, 0.1) is 12.7 Å². The summed E-state index contributed by atoms with van der Waals surface area (Å²) in [4.78, 5) is 17.4. The topological polar surface area (TPSA) is 46.4 Å². The Hall–Kier alpha value is -2.89. The van der Waals surface area contributed by atoms with Crippen LogP contribution >= 0.6 is 23.2 Å². The van der Waals surface area contributed by atoms with Crippen molar-refractivity contribution in [3.05, 3.63) is 87.8 Å². The number of carbonyl (C=O) groups is 1. The summed E-state index contributed by atoms with van der Waals surface area (Å²) in [6.45, 7) is 1.96. The maximum absolute atomic E-state index is 13.3. The van der Waals surface area contributed by atoms with E-state index in [4.69, 9.17) is 23.2 Å². The van der Waals surface area contributed by atoms with Crippen LogP contribution in [0.25, 0.3) is 16.9 Å². The van der Waals surface area contributed by atoms with Crippen LogP contribution < -0.4 is 5.32 Å². The van der Waals surface area contributed by atoms with Crippen LogP contribution in [0.4, 0.5) is 10.2 Å². The summed E-state index contributed by atoms with van der Waals surface area (Å²) in [6, 6.07) is 14.4. The molecule has 2 heterocycles. The zero-order valence-corrected chi connectivity index (χ0v) is 16.2. The molecule has 0 aliphatic rings. The molecule has 2 aromatic carbocycles. The number of anilines is 1. The second kappa shape index (κ2) is 7.26. The Morgan fingerprint density at radius 3 is 2.50 bits per heavy atom. The smallest absolute Gasteiger partial charge is 0.256 e. The average Bonchev–Trinajstić information content (AvgIpc) is 3.02. The van der Waals surface area contributed by atoms with Gasteiger partial charge in [0.2, 0.25) is 0 Å². The molecular formula is C21H14Cl2FN3O. The number of pyridine rings is 1. The Kier molecular flexibility index (Phi) is 4.79. The lowest BCUT2D eigenvalue weighted by Gasteiger charge is -2.09. The number of benzene rings is 2. The first kappa shape index (κ1) is 18.5. The van der Waals surface area contributed by atoms with Gasteiger partial charge in [0, 0.05) is 17.3 Å². The van der Waals surface area contributed by atoms with Crippen LogP contribution in [-0.2, 0) is 0 Å². The van der Waals surface area contributed by atoms with Gasteiger partial charge in [0.25, 0.3) is 5.91 Å². The number of hydrogen-bond acceptors (Lipinski definition) is 2. The fraction of sp³-hybridized carbons (Fsp3) is 0.0476. The maximum Gasteiger partial charge on any atom is 0.256 e. The van der Waals surface area contributed by atoms with Crippen LogP contribution in [0.15, 0.2) is 60.8 Å². The van der Waals surface area contributed by atoms with Gasteiger partial charge in [0.05, 0.1) is 10.0 Å². The molecule has 1 amide bonds. The molecule has 0 aliphatic carbocycles. The van der Waals surface area contributed by atoms with Gasteiger partial charge < -0.3 is 5.32 Å². The number of carbonyl (C=O) groups excluding carboxylic acids is 1. The first-order valence-electron chi connectivity index (χ1n) is 8.43. The zero-order valence-electron chi connectivity index (χ0n) is 14.7. The van der Waals surface area contributed by atoms with Crippen molar-refractivity contribution in [3.63, 3.8) is 0 Å². The van der Waals surface area contributed by atoms with Crippen LogP contribution in [-0.4, -0.2) is 15.3 Å². The van der Waals surface area contributed by atoms with Gasteiger partial charge in [-0.05, 0) is 67.1 Å². The first-order valence-corrected chi connectivity index (χ1v) is 9.19. The minimum atomic E-state index is -0.357. The van der Waals surface area contributed by atoms with Crippen LogP contribution in [0.1, 0.15) is 15.9 Å². The van der Waals surface area contributed by atoms with Gasteiger partial charge in [0.15, 0.2) is 0 Å². The van der Waals surface area contributed by atoms with Crippen molar-refractivity contribution in [3.8, 4) is 11.3 Å². The summed E-state index contributed by atoms with van der Waals surface area (Å²) >= 11 is 12.0. The van der Waals surface area contributed by atoms with E-state index in [0.717, 1.165) is 5.56 Å². The lowest BCUT2D eigenvalue weighted by Crippen LogP contribution is -2.14. The molecular weight excluding hydrogens is 400 g/mol. The van der Waals surface area contributed by atoms with Gasteiger partial charge in [-0.3, -0.25) is 9.20 Å². The molecule has 0 aliphatic heterocycles. The molecule has 1 N–H and O–H groups in total. The predicted molar refractivity (Wildman–Crippen MR) is 110 cm³/mol. The van der Waals surface area contributed by atoms with E-state index in [0.29, 0.717) is 38.3 Å². The monoisotopic (exact) mass is 413 g/mol. The fourth-order valence-corrected chi connectivity index (χ4v) is 3.19. The molecule has 2 aromatic heterocycles. The Labute approximate surface area is 170 Å². The molecule has 4 aromatic rings. The Balaban J connectivity index is 1.82. The third-order valence-electron chi connectivity index (χ3n) is 4.31. The minimum absolute atomic E-state index is 0.293. The van der Waals surface area contributed by atoms with E-state index in [2.05, 4.69) is 10.3 Å². The van der Waals surface area contributed by atoms with Gasteiger partial charge >= 0.3 is 0 Å². The third kappa shape index (κ3) is 3.46. The Bertz CT molecular complexity index is 1200. The molecule has 0 fully saturated rings. The van der Waals surface area contributed by atoms with Crippen molar-refractivity contribution in [1.82, 2.24) is 9.38 Å². The number of nitrogens with zero attached hydrogens (tertiary/aromatic N) is 2. The van der Waals surface area contributed by atoms with Crippen LogP contribution in [0.5, 0.6) is 0 Å². The average molecular weight is 414 g/mol. The highest BCUT2D eigenvalue weighted by atomic mass is 35.5. The summed E-state index contributed by atoms with van der Waals surface area (Å²) < 4.78 is 15.1. The molecule has 0 radical (unpaired) electrons. The Morgan fingerprint density at radius 2 is 1.79 bits per heavy atom. The summed E-state index contributed by atoms with van der Waals surface area (Å²) in [5.74, 6) is -0.216. The highest BCUT2D eigenvalue weighted by molar-refractivity contribution is 6.42. The molecule has 0 saturated heterocycles. The molecule has 28 heavy (non-hydrogen) atoms. The van der Waals surface area contributed by atoms with E-state index < -0.39 is 0 Å². The van der Waals surface area contributed by atoms with E-state index in [9.17, 15) is 9.18 Å². The van der Waals surface area contributed by atoms with Crippen LogP contribution in [0.3, 0.4) is 0 Å². The second-order valence-corrected chi connectivity index (χ2v) is 7.15. The van der Waals surface area contributed by atoms with E-state index in [1.54, 1.807) is 28.7 Å². The van der Waals surface area contributed by atoms with E-state index >= 15 is 0 Å². The van der Waals surface area contributed by atoms with Gasteiger partial charge in [-0.15, -0.1) is 0 Å². The molecule has 0 atom stereocenters. The van der Waals surface area contributed by atoms with E-state index in [1.165, 1.54) is 18.2 Å². The van der Waals surface area contributed by atoms with E-state index in [1.807, 2.05) is 25.3 Å². The molecule has 0 saturated carbocycles. The number of rotatable bonds is 3. The molecule has 7 heteroatoms. The first-order chi connectivity index (χ1) is 13.4. The summed E-state index contributed by atoms with van der Waals surface area (Å²) in [5.41, 5.74) is 3.29. The number of amides is 1. The molecule has 0 unspecified atom stereocenters. The molecule has 140 valence electrons. The number of nitrogens with one attached hydrogen (secondary N) is 1. The van der Waals surface area contributed by atoms with Crippen molar-refractivity contribution in [2.45, 2.75) is 6.92 Å². The maximum atomic E-state index is 13.3.